The summed E-state index contributed by atoms with van der Waals surface area (Å²) in [6.07, 6.45) is -0.731. The van der Waals surface area contributed by atoms with Gasteiger partial charge in [-0.3, -0.25) is 4.79 Å². The minimum atomic E-state index is -0.955. The van der Waals surface area contributed by atoms with Crippen molar-refractivity contribution in [3.63, 3.8) is 0 Å². The van der Waals surface area contributed by atoms with Crippen molar-refractivity contribution in [2.45, 2.75) is 33.8 Å². The quantitative estimate of drug-likeness (QED) is 0.450. The molecule has 2 rings (SSSR count). The van der Waals surface area contributed by atoms with Crippen molar-refractivity contribution in [3.05, 3.63) is 70.3 Å². The van der Waals surface area contributed by atoms with E-state index in [2.05, 4.69) is 0 Å². The molecule has 136 valence electrons. The molecule has 0 amide bonds. The molecule has 1 atom stereocenters. The Hall–Kier alpha value is -2.95. The molecule has 0 aliphatic carbocycles. The summed E-state index contributed by atoms with van der Waals surface area (Å²) in [5.41, 5.74) is 3.24. The summed E-state index contributed by atoms with van der Waals surface area (Å²) in [7, 11) is 0. The van der Waals surface area contributed by atoms with Crippen molar-refractivity contribution >= 4 is 17.7 Å². The maximum absolute atomic E-state index is 12.4. The van der Waals surface area contributed by atoms with Crippen LogP contribution >= 0.6 is 0 Å². The highest BCUT2D eigenvalue weighted by atomic mass is 16.6. The van der Waals surface area contributed by atoms with Crippen LogP contribution in [0.4, 0.5) is 0 Å². The van der Waals surface area contributed by atoms with Crippen LogP contribution in [0.2, 0.25) is 0 Å². The van der Waals surface area contributed by atoms with Crippen LogP contribution in [0.25, 0.3) is 0 Å². The first-order valence-electron chi connectivity index (χ1n) is 8.35. The molecule has 0 heterocycles. The van der Waals surface area contributed by atoms with E-state index in [1.54, 1.807) is 51.1 Å². The molecule has 0 aromatic heterocycles. The highest BCUT2D eigenvalue weighted by Crippen LogP contribution is 2.18. The average molecular weight is 354 g/mol. The number of benzene rings is 2. The number of hydrogen-bond donors (Lipinski definition) is 0. The fourth-order valence-electron chi connectivity index (χ4n) is 2.76. The minimum absolute atomic E-state index is 0.126. The van der Waals surface area contributed by atoms with E-state index in [0.717, 1.165) is 16.7 Å². The maximum atomic E-state index is 12.4. The monoisotopic (exact) mass is 354 g/mol. The van der Waals surface area contributed by atoms with Crippen molar-refractivity contribution in [2.24, 2.45) is 0 Å². The number of aryl methyl sites for hydroxylation is 3. The maximum Gasteiger partial charge on any atom is 0.380 e. The SMILES string of the molecule is Cc1cc(C)c(C(=O)C(=O)OC(C)COC(=O)c2ccccc2)c(C)c1. The van der Waals surface area contributed by atoms with Gasteiger partial charge in [0.15, 0.2) is 0 Å². The molecule has 1 unspecified atom stereocenters. The summed E-state index contributed by atoms with van der Waals surface area (Å²) in [5, 5.41) is 0. The predicted molar refractivity (Wildman–Crippen MR) is 97.3 cm³/mol. The molecule has 0 spiro atoms. The van der Waals surface area contributed by atoms with Gasteiger partial charge in [-0.15, -0.1) is 0 Å². The van der Waals surface area contributed by atoms with Gasteiger partial charge in [0, 0.05) is 5.56 Å². The second-order valence-electron chi connectivity index (χ2n) is 6.28. The Morgan fingerprint density at radius 1 is 0.962 bits per heavy atom. The first-order valence-corrected chi connectivity index (χ1v) is 8.35. The zero-order valence-corrected chi connectivity index (χ0v) is 15.4. The third-order valence-electron chi connectivity index (χ3n) is 3.86. The number of rotatable bonds is 6. The van der Waals surface area contributed by atoms with E-state index in [1.165, 1.54) is 0 Å². The van der Waals surface area contributed by atoms with Crippen molar-refractivity contribution in [3.8, 4) is 0 Å². The summed E-state index contributed by atoms with van der Waals surface area (Å²) in [5.74, 6) is -2.16. The van der Waals surface area contributed by atoms with Crippen LogP contribution in [0.5, 0.6) is 0 Å². The van der Waals surface area contributed by atoms with Crippen molar-refractivity contribution in [1.82, 2.24) is 0 Å². The molecule has 2 aromatic carbocycles. The summed E-state index contributed by atoms with van der Waals surface area (Å²) in [6, 6.07) is 12.2. The lowest BCUT2D eigenvalue weighted by Crippen LogP contribution is -2.27. The predicted octanol–water partition coefficient (Wildman–Crippen LogP) is 3.58. The molecule has 0 radical (unpaired) electrons. The van der Waals surface area contributed by atoms with Crippen LogP contribution in [0.1, 0.15) is 44.3 Å². The van der Waals surface area contributed by atoms with Gasteiger partial charge in [-0.2, -0.15) is 0 Å². The van der Waals surface area contributed by atoms with Gasteiger partial charge < -0.3 is 9.47 Å². The molecule has 26 heavy (non-hydrogen) atoms. The van der Waals surface area contributed by atoms with Gasteiger partial charge in [0.1, 0.15) is 12.7 Å². The number of ketones is 1. The van der Waals surface area contributed by atoms with Crippen molar-refractivity contribution in [2.75, 3.05) is 6.61 Å². The van der Waals surface area contributed by atoms with Crippen LogP contribution < -0.4 is 0 Å². The molecule has 0 aliphatic rings. The molecule has 0 fully saturated rings. The zero-order chi connectivity index (χ0) is 19.3. The van der Waals surface area contributed by atoms with E-state index in [1.807, 2.05) is 19.1 Å². The molecule has 0 aliphatic heterocycles. The number of hydrogen-bond acceptors (Lipinski definition) is 5. The van der Waals surface area contributed by atoms with Crippen LogP contribution in [0.3, 0.4) is 0 Å². The second-order valence-corrected chi connectivity index (χ2v) is 6.28. The van der Waals surface area contributed by atoms with E-state index in [4.69, 9.17) is 9.47 Å². The Morgan fingerprint density at radius 3 is 2.12 bits per heavy atom. The number of ether oxygens (including phenoxy) is 2. The molecule has 0 bridgehead atoms. The lowest BCUT2D eigenvalue weighted by molar-refractivity contribution is -0.144. The van der Waals surface area contributed by atoms with E-state index in [9.17, 15) is 14.4 Å². The lowest BCUT2D eigenvalue weighted by Gasteiger charge is -2.14. The standard InChI is InChI=1S/C21H22O5/c1-13-10-14(2)18(15(3)11-13)19(22)21(24)26-16(4)12-25-20(23)17-8-6-5-7-9-17/h5-11,16H,12H2,1-4H3. The summed E-state index contributed by atoms with van der Waals surface area (Å²) < 4.78 is 10.2. The van der Waals surface area contributed by atoms with E-state index >= 15 is 0 Å². The topological polar surface area (TPSA) is 69.7 Å². The van der Waals surface area contributed by atoms with Crippen LogP contribution in [-0.2, 0) is 14.3 Å². The van der Waals surface area contributed by atoms with E-state index < -0.39 is 23.8 Å². The van der Waals surface area contributed by atoms with Crippen molar-refractivity contribution < 1.29 is 23.9 Å². The smallest absolute Gasteiger partial charge is 0.380 e. The Kier molecular flexibility index (Phi) is 6.28. The van der Waals surface area contributed by atoms with Crippen LogP contribution in [-0.4, -0.2) is 30.4 Å². The number of Topliss-reactive ketones (excluding diaryl/α,β-unsaturated/α-hetero) is 1. The van der Waals surface area contributed by atoms with Gasteiger partial charge in [-0.1, -0.05) is 35.9 Å². The molecular weight excluding hydrogens is 332 g/mol. The Bertz CT molecular complexity index is 801. The third kappa shape index (κ3) is 4.79. The molecule has 0 N–H and O–H groups in total. The first kappa shape index (κ1) is 19.4. The minimum Gasteiger partial charge on any atom is -0.458 e. The van der Waals surface area contributed by atoms with E-state index in [-0.39, 0.29) is 6.61 Å². The second kappa shape index (κ2) is 8.43. The van der Waals surface area contributed by atoms with E-state index in [0.29, 0.717) is 11.1 Å². The number of carbonyl (C=O) groups is 3. The fraction of sp³-hybridized carbons (Fsp3) is 0.286. The average Bonchev–Trinajstić information content (AvgIpc) is 2.59. The molecule has 0 saturated heterocycles. The summed E-state index contributed by atoms with van der Waals surface area (Å²) >= 11 is 0. The highest BCUT2D eigenvalue weighted by molar-refractivity contribution is 6.41. The third-order valence-corrected chi connectivity index (χ3v) is 3.86. The van der Waals surface area contributed by atoms with Crippen molar-refractivity contribution in [1.29, 1.82) is 0 Å². The molecule has 5 nitrogen and oxygen atoms in total. The number of carbonyl (C=O) groups excluding carboxylic acids is 3. The Balaban J connectivity index is 1.95. The zero-order valence-electron chi connectivity index (χ0n) is 15.4. The largest absolute Gasteiger partial charge is 0.458 e. The number of esters is 2. The summed E-state index contributed by atoms with van der Waals surface area (Å²) in [4.78, 5) is 36.4. The van der Waals surface area contributed by atoms with Crippen LogP contribution in [0, 0.1) is 20.8 Å². The van der Waals surface area contributed by atoms with Gasteiger partial charge >= 0.3 is 11.9 Å². The fourth-order valence-corrected chi connectivity index (χ4v) is 2.76. The van der Waals surface area contributed by atoms with Gasteiger partial charge in [-0.25, -0.2) is 9.59 Å². The normalized spacial score (nSPS) is 11.5. The Morgan fingerprint density at radius 2 is 1.54 bits per heavy atom. The van der Waals surface area contributed by atoms with Gasteiger partial charge in [0.05, 0.1) is 5.56 Å². The molecule has 5 heteroatoms. The Labute approximate surface area is 152 Å². The molecule has 2 aromatic rings. The molecule has 0 saturated carbocycles. The summed E-state index contributed by atoms with van der Waals surface area (Å²) in [6.45, 7) is 6.93. The van der Waals surface area contributed by atoms with Crippen LogP contribution in [0.15, 0.2) is 42.5 Å². The molecular formula is C21H22O5. The van der Waals surface area contributed by atoms with Gasteiger partial charge in [0.25, 0.3) is 5.78 Å². The van der Waals surface area contributed by atoms with Gasteiger partial charge in [-0.05, 0) is 51.0 Å². The van der Waals surface area contributed by atoms with Gasteiger partial charge in [0.2, 0.25) is 0 Å². The highest BCUT2D eigenvalue weighted by Gasteiger charge is 2.24. The lowest BCUT2D eigenvalue weighted by atomic mass is 9.96. The first-order chi connectivity index (χ1) is 12.3.